The third kappa shape index (κ3) is 6.14. The van der Waals surface area contributed by atoms with Gasteiger partial charge < -0.3 is 4.74 Å². The molecule has 0 aromatic carbocycles. The maximum Gasteiger partial charge on any atom is 0.308 e. The SMILES string of the molecule is CC=CC=CCOC(=O)C(C)CC. The zero-order valence-corrected chi connectivity index (χ0v) is 8.62. The van der Waals surface area contributed by atoms with Gasteiger partial charge in [-0.25, -0.2) is 0 Å². The van der Waals surface area contributed by atoms with Crippen molar-refractivity contribution >= 4 is 5.97 Å². The highest BCUT2D eigenvalue weighted by Gasteiger charge is 2.10. The van der Waals surface area contributed by atoms with E-state index in [9.17, 15) is 4.79 Å². The fraction of sp³-hybridized carbons (Fsp3) is 0.545. The lowest BCUT2D eigenvalue weighted by Gasteiger charge is -2.06. The Morgan fingerprint density at radius 3 is 2.69 bits per heavy atom. The molecule has 0 spiro atoms. The summed E-state index contributed by atoms with van der Waals surface area (Å²) < 4.78 is 4.98. The summed E-state index contributed by atoms with van der Waals surface area (Å²) in [6.45, 7) is 6.16. The Morgan fingerprint density at radius 2 is 2.15 bits per heavy atom. The fourth-order valence-corrected chi connectivity index (χ4v) is 0.684. The highest BCUT2D eigenvalue weighted by Crippen LogP contribution is 2.02. The molecule has 0 aliphatic heterocycles. The monoisotopic (exact) mass is 182 g/mol. The van der Waals surface area contributed by atoms with E-state index in [0.717, 1.165) is 6.42 Å². The Kier molecular flexibility index (Phi) is 6.98. The van der Waals surface area contributed by atoms with Crippen molar-refractivity contribution in [3.63, 3.8) is 0 Å². The summed E-state index contributed by atoms with van der Waals surface area (Å²) in [6, 6.07) is 0. The van der Waals surface area contributed by atoms with Gasteiger partial charge >= 0.3 is 5.97 Å². The first-order chi connectivity index (χ1) is 6.22. The molecule has 0 aliphatic carbocycles. The number of hydrogen-bond acceptors (Lipinski definition) is 2. The first-order valence-corrected chi connectivity index (χ1v) is 4.66. The minimum Gasteiger partial charge on any atom is -0.461 e. The molecule has 0 rings (SSSR count). The fourth-order valence-electron chi connectivity index (χ4n) is 0.684. The van der Waals surface area contributed by atoms with Crippen molar-refractivity contribution in [3.8, 4) is 0 Å². The van der Waals surface area contributed by atoms with E-state index in [4.69, 9.17) is 4.74 Å². The number of hydrogen-bond donors (Lipinski definition) is 0. The molecule has 0 saturated heterocycles. The topological polar surface area (TPSA) is 26.3 Å². The quantitative estimate of drug-likeness (QED) is 0.482. The number of ether oxygens (including phenoxy) is 1. The van der Waals surface area contributed by atoms with E-state index in [1.807, 2.05) is 45.1 Å². The van der Waals surface area contributed by atoms with Crippen LogP contribution < -0.4 is 0 Å². The number of carbonyl (C=O) groups excluding carboxylic acids is 1. The summed E-state index contributed by atoms with van der Waals surface area (Å²) in [6.07, 6.45) is 8.34. The van der Waals surface area contributed by atoms with Gasteiger partial charge in [0.25, 0.3) is 0 Å². The minimum atomic E-state index is -0.118. The molecule has 0 radical (unpaired) electrons. The maximum absolute atomic E-state index is 11.1. The van der Waals surface area contributed by atoms with Gasteiger partial charge in [0.2, 0.25) is 0 Å². The van der Waals surface area contributed by atoms with Crippen molar-refractivity contribution in [2.75, 3.05) is 6.61 Å². The first kappa shape index (κ1) is 11.9. The van der Waals surface area contributed by atoms with Gasteiger partial charge in [-0.05, 0) is 19.4 Å². The second-order valence-electron chi connectivity index (χ2n) is 2.89. The molecule has 1 unspecified atom stereocenters. The largest absolute Gasteiger partial charge is 0.461 e. The lowest BCUT2D eigenvalue weighted by molar-refractivity contribution is -0.146. The molecule has 2 nitrogen and oxygen atoms in total. The van der Waals surface area contributed by atoms with Crippen molar-refractivity contribution in [1.82, 2.24) is 0 Å². The standard InChI is InChI=1S/C11H18O2/c1-4-6-7-8-9-13-11(12)10(3)5-2/h4,6-8,10H,5,9H2,1-3H3. The molecule has 0 saturated carbocycles. The van der Waals surface area contributed by atoms with Crippen molar-refractivity contribution in [3.05, 3.63) is 24.3 Å². The molecule has 0 aliphatic rings. The van der Waals surface area contributed by atoms with Crippen LogP contribution in [0.4, 0.5) is 0 Å². The Hall–Kier alpha value is -1.05. The van der Waals surface area contributed by atoms with Gasteiger partial charge in [-0.15, -0.1) is 0 Å². The van der Waals surface area contributed by atoms with E-state index < -0.39 is 0 Å². The third-order valence-corrected chi connectivity index (χ3v) is 1.78. The Balaban J connectivity index is 3.59. The highest BCUT2D eigenvalue weighted by molar-refractivity contribution is 5.71. The van der Waals surface area contributed by atoms with Gasteiger partial charge in [-0.1, -0.05) is 32.1 Å². The molecule has 1 atom stereocenters. The van der Waals surface area contributed by atoms with Crippen LogP contribution in [0.5, 0.6) is 0 Å². The molecule has 74 valence electrons. The van der Waals surface area contributed by atoms with Gasteiger partial charge in [0.1, 0.15) is 6.61 Å². The molecule has 13 heavy (non-hydrogen) atoms. The summed E-state index contributed by atoms with van der Waals surface area (Å²) in [5.74, 6) is -0.109. The number of allylic oxidation sites excluding steroid dienone is 3. The van der Waals surface area contributed by atoms with E-state index in [-0.39, 0.29) is 11.9 Å². The molecule has 0 bridgehead atoms. The smallest absolute Gasteiger partial charge is 0.308 e. The van der Waals surface area contributed by atoms with E-state index >= 15 is 0 Å². The second kappa shape index (κ2) is 7.59. The minimum absolute atomic E-state index is 0.00937. The van der Waals surface area contributed by atoms with Gasteiger partial charge in [0.15, 0.2) is 0 Å². The molecule has 0 aromatic heterocycles. The molecular formula is C11H18O2. The van der Waals surface area contributed by atoms with Crippen molar-refractivity contribution < 1.29 is 9.53 Å². The van der Waals surface area contributed by atoms with Crippen molar-refractivity contribution in [1.29, 1.82) is 0 Å². The van der Waals surface area contributed by atoms with Crippen LogP contribution >= 0.6 is 0 Å². The number of rotatable bonds is 5. The van der Waals surface area contributed by atoms with Crippen LogP contribution in [0, 0.1) is 5.92 Å². The van der Waals surface area contributed by atoms with Gasteiger partial charge in [0, 0.05) is 0 Å². The summed E-state index contributed by atoms with van der Waals surface area (Å²) in [5.41, 5.74) is 0. The predicted molar refractivity (Wildman–Crippen MR) is 54.4 cm³/mol. The van der Waals surface area contributed by atoms with Crippen LogP contribution in [0.1, 0.15) is 27.2 Å². The Labute approximate surface area is 80.3 Å². The van der Waals surface area contributed by atoms with Crippen LogP contribution in [0.3, 0.4) is 0 Å². The number of esters is 1. The van der Waals surface area contributed by atoms with Crippen molar-refractivity contribution in [2.45, 2.75) is 27.2 Å². The van der Waals surface area contributed by atoms with E-state index in [1.165, 1.54) is 0 Å². The number of carbonyl (C=O) groups is 1. The average molecular weight is 182 g/mol. The third-order valence-electron chi connectivity index (χ3n) is 1.78. The lowest BCUT2D eigenvalue weighted by Crippen LogP contribution is -2.13. The lowest BCUT2D eigenvalue weighted by atomic mass is 10.1. The van der Waals surface area contributed by atoms with Crippen molar-refractivity contribution in [2.24, 2.45) is 5.92 Å². The Morgan fingerprint density at radius 1 is 1.46 bits per heavy atom. The highest BCUT2D eigenvalue weighted by atomic mass is 16.5. The first-order valence-electron chi connectivity index (χ1n) is 4.66. The second-order valence-corrected chi connectivity index (χ2v) is 2.89. The molecular weight excluding hydrogens is 164 g/mol. The van der Waals surface area contributed by atoms with Crippen LogP contribution in [0.15, 0.2) is 24.3 Å². The van der Waals surface area contributed by atoms with Gasteiger partial charge in [0.05, 0.1) is 5.92 Å². The van der Waals surface area contributed by atoms with Gasteiger partial charge in [-0.2, -0.15) is 0 Å². The van der Waals surface area contributed by atoms with Crippen LogP contribution in [0.25, 0.3) is 0 Å². The maximum atomic E-state index is 11.1. The summed E-state index contributed by atoms with van der Waals surface area (Å²) >= 11 is 0. The zero-order valence-electron chi connectivity index (χ0n) is 8.62. The Bertz CT molecular complexity index is 192. The van der Waals surface area contributed by atoms with E-state index in [2.05, 4.69) is 0 Å². The normalized spacial score (nSPS) is 13.8. The average Bonchev–Trinajstić information content (AvgIpc) is 2.16. The zero-order chi connectivity index (χ0) is 10.1. The van der Waals surface area contributed by atoms with E-state index in [1.54, 1.807) is 0 Å². The molecule has 0 aromatic rings. The van der Waals surface area contributed by atoms with Crippen LogP contribution in [-0.2, 0) is 9.53 Å². The molecule has 0 N–H and O–H groups in total. The molecule has 0 amide bonds. The molecule has 2 heteroatoms. The van der Waals surface area contributed by atoms with Crippen LogP contribution in [0.2, 0.25) is 0 Å². The molecule has 0 heterocycles. The summed E-state index contributed by atoms with van der Waals surface area (Å²) in [7, 11) is 0. The van der Waals surface area contributed by atoms with Gasteiger partial charge in [-0.3, -0.25) is 4.79 Å². The van der Waals surface area contributed by atoms with Crippen LogP contribution in [-0.4, -0.2) is 12.6 Å². The predicted octanol–water partition coefficient (Wildman–Crippen LogP) is 2.71. The summed E-state index contributed by atoms with van der Waals surface area (Å²) in [5, 5.41) is 0. The summed E-state index contributed by atoms with van der Waals surface area (Å²) in [4.78, 5) is 11.1. The van der Waals surface area contributed by atoms with E-state index in [0.29, 0.717) is 6.61 Å². The molecule has 0 fully saturated rings.